The fourth-order valence-corrected chi connectivity index (χ4v) is 3.93. The van der Waals surface area contributed by atoms with E-state index in [0.717, 1.165) is 16.8 Å². The molecule has 0 fully saturated rings. The van der Waals surface area contributed by atoms with Crippen LogP contribution in [0.3, 0.4) is 0 Å². The van der Waals surface area contributed by atoms with Crippen molar-refractivity contribution in [1.82, 2.24) is 4.72 Å². The number of benzene rings is 3. The van der Waals surface area contributed by atoms with E-state index in [0.29, 0.717) is 12.8 Å². The predicted octanol–water partition coefficient (Wildman–Crippen LogP) is 3.76. The highest BCUT2D eigenvalue weighted by atomic mass is 32.2. The normalized spacial score (nSPS) is 11.2. The van der Waals surface area contributed by atoms with Gasteiger partial charge in [0.25, 0.3) is 0 Å². The lowest BCUT2D eigenvalue weighted by Crippen LogP contribution is -2.26. The van der Waals surface area contributed by atoms with Crippen molar-refractivity contribution in [2.45, 2.75) is 24.3 Å². The zero-order chi connectivity index (χ0) is 20.7. The van der Waals surface area contributed by atoms with Gasteiger partial charge in [-0.15, -0.1) is 0 Å². The first-order valence-corrected chi connectivity index (χ1v) is 10.9. The summed E-state index contributed by atoms with van der Waals surface area (Å²) in [6, 6.07) is 25.5. The Hall–Kier alpha value is -2.96. The van der Waals surface area contributed by atoms with Crippen molar-refractivity contribution in [3.8, 4) is 0 Å². The van der Waals surface area contributed by atoms with Gasteiger partial charge < -0.3 is 4.90 Å². The van der Waals surface area contributed by atoms with Crippen LogP contribution in [0, 0.1) is 0 Å². The van der Waals surface area contributed by atoms with Crippen LogP contribution in [0.15, 0.2) is 89.8 Å². The minimum Gasteiger partial charge on any atom is -0.315 e. The summed E-state index contributed by atoms with van der Waals surface area (Å²) < 4.78 is 27.5. The van der Waals surface area contributed by atoms with Crippen molar-refractivity contribution in [2.75, 3.05) is 11.9 Å². The van der Waals surface area contributed by atoms with Gasteiger partial charge in [0.1, 0.15) is 0 Å². The average Bonchev–Trinajstić information content (AvgIpc) is 2.77. The smallest absolute Gasteiger partial charge is 0.240 e. The summed E-state index contributed by atoms with van der Waals surface area (Å²) in [6.45, 7) is 0.241. The predicted molar refractivity (Wildman–Crippen MR) is 115 cm³/mol. The molecule has 3 aromatic carbocycles. The van der Waals surface area contributed by atoms with Gasteiger partial charge in [-0.05, 0) is 41.8 Å². The number of rotatable bonds is 8. The Morgan fingerprint density at radius 3 is 2.03 bits per heavy atom. The van der Waals surface area contributed by atoms with E-state index in [1.165, 1.54) is 0 Å². The molecule has 0 unspecified atom stereocenters. The Kier molecular flexibility index (Phi) is 6.80. The summed E-state index contributed by atoms with van der Waals surface area (Å²) in [4.78, 5) is 14.2. The number of nitrogens with one attached hydrogen (secondary N) is 1. The van der Waals surface area contributed by atoms with Crippen LogP contribution in [0.5, 0.6) is 0 Å². The highest BCUT2D eigenvalue weighted by molar-refractivity contribution is 7.89. The SMILES string of the molecule is CN(C(=O)CCc1ccc(S(=O)(=O)NCc2ccccc2)cc1)c1ccccc1. The number of hydrogen-bond donors (Lipinski definition) is 1. The van der Waals surface area contributed by atoms with E-state index in [-0.39, 0.29) is 17.3 Å². The van der Waals surface area contributed by atoms with Gasteiger partial charge in [-0.2, -0.15) is 0 Å². The van der Waals surface area contributed by atoms with Gasteiger partial charge in [-0.25, -0.2) is 13.1 Å². The number of nitrogens with zero attached hydrogens (tertiary/aromatic N) is 1. The number of anilines is 1. The maximum absolute atomic E-state index is 12.5. The van der Waals surface area contributed by atoms with Gasteiger partial charge in [0.05, 0.1) is 4.90 Å². The van der Waals surface area contributed by atoms with Crippen molar-refractivity contribution in [3.05, 3.63) is 96.1 Å². The molecule has 0 saturated heterocycles. The zero-order valence-electron chi connectivity index (χ0n) is 16.3. The van der Waals surface area contributed by atoms with Crippen LogP contribution >= 0.6 is 0 Å². The van der Waals surface area contributed by atoms with E-state index < -0.39 is 10.0 Å². The number of sulfonamides is 1. The standard InChI is InChI=1S/C23H24N2O3S/c1-25(21-10-6-3-7-11-21)23(26)17-14-19-12-15-22(16-13-19)29(27,28)24-18-20-8-4-2-5-9-20/h2-13,15-16,24H,14,17-18H2,1H3. The molecule has 0 bridgehead atoms. The topological polar surface area (TPSA) is 66.5 Å². The molecule has 0 aromatic heterocycles. The summed E-state index contributed by atoms with van der Waals surface area (Å²) in [5.41, 5.74) is 2.67. The summed E-state index contributed by atoms with van der Waals surface area (Å²) in [6.07, 6.45) is 0.900. The molecule has 0 aliphatic rings. The molecule has 3 rings (SSSR count). The summed E-state index contributed by atoms with van der Waals surface area (Å²) >= 11 is 0. The van der Waals surface area contributed by atoms with E-state index in [9.17, 15) is 13.2 Å². The van der Waals surface area contributed by atoms with Crippen LogP contribution in [0.25, 0.3) is 0 Å². The quantitative estimate of drug-likeness (QED) is 0.617. The van der Waals surface area contributed by atoms with Gasteiger partial charge in [-0.1, -0.05) is 60.7 Å². The summed E-state index contributed by atoms with van der Waals surface area (Å²) in [5.74, 6) is 0.0115. The number of carbonyl (C=O) groups excluding carboxylic acids is 1. The Bertz CT molecular complexity index is 1030. The van der Waals surface area contributed by atoms with Crippen LogP contribution in [-0.2, 0) is 27.8 Å². The Morgan fingerprint density at radius 1 is 0.828 bits per heavy atom. The monoisotopic (exact) mass is 408 g/mol. The van der Waals surface area contributed by atoms with Crippen molar-refractivity contribution < 1.29 is 13.2 Å². The molecule has 1 N–H and O–H groups in total. The second-order valence-corrected chi connectivity index (χ2v) is 8.51. The summed E-state index contributed by atoms with van der Waals surface area (Å²) in [5, 5.41) is 0. The Labute approximate surface area is 172 Å². The van der Waals surface area contributed by atoms with Crippen LogP contribution in [0.2, 0.25) is 0 Å². The van der Waals surface area contributed by atoms with Crippen molar-refractivity contribution in [1.29, 1.82) is 0 Å². The van der Waals surface area contributed by atoms with Gasteiger partial charge in [0.15, 0.2) is 0 Å². The number of amides is 1. The van der Waals surface area contributed by atoms with Gasteiger partial charge >= 0.3 is 0 Å². The van der Waals surface area contributed by atoms with Crippen molar-refractivity contribution in [3.63, 3.8) is 0 Å². The average molecular weight is 409 g/mol. The molecule has 150 valence electrons. The zero-order valence-corrected chi connectivity index (χ0v) is 17.1. The van der Waals surface area contributed by atoms with Crippen LogP contribution in [0.4, 0.5) is 5.69 Å². The molecule has 0 saturated carbocycles. The highest BCUT2D eigenvalue weighted by Crippen LogP contribution is 2.15. The molecular formula is C23H24N2O3S. The number of carbonyl (C=O) groups is 1. The molecule has 0 radical (unpaired) electrons. The molecule has 29 heavy (non-hydrogen) atoms. The van der Waals surface area contributed by atoms with Crippen LogP contribution in [-0.4, -0.2) is 21.4 Å². The van der Waals surface area contributed by atoms with Crippen molar-refractivity contribution in [2.24, 2.45) is 0 Å². The minimum absolute atomic E-state index is 0.0115. The third-order valence-corrected chi connectivity index (χ3v) is 6.11. The second-order valence-electron chi connectivity index (χ2n) is 6.74. The van der Waals surface area contributed by atoms with E-state index >= 15 is 0 Å². The lowest BCUT2D eigenvalue weighted by Gasteiger charge is -2.17. The third kappa shape index (κ3) is 5.76. The highest BCUT2D eigenvalue weighted by Gasteiger charge is 2.14. The van der Waals surface area contributed by atoms with Crippen molar-refractivity contribution >= 4 is 21.6 Å². The molecular weight excluding hydrogens is 384 g/mol. The molecule has 0 aliphatic carbocycles. The van der Waals surface area contributed by atoms with Crippen LogP contribution in [0.1, 0.15) is 17.5 Å². The molecule has 5 nitrogen and oxygen atoms in total. The van der Waals surface area contributed by atoms with E-state index in [1.807, 2.05) is 60.7 Å². The van der Waals surface area contributed by atoms with E-state index in [1.54, 1.807) is 36.2 Å². The number of hydrogen-bond acceptors (Lipinski definition) is 3. The molecule has 1 amide bonds. The third-order valence-electron chi connectivity index (χ3n) is 4.69. The van der Waals surface area contributed by atoms with Gasteiger partial charge in [0, 0.05) is 25.7 Å². The minimum atomic E-state index is -3.58. The first-order chi connectivity index (χ1) is 14.0. The lowest BCUT2D eigenvalue weighted by atomic mass is 10.1. The second kappa shape index (κ2) is 9.49. The van der Waals surface area contributed by atoms with E-state index in [4.69, 9.17) is 0 Å². The Morgan fingerprint density at radius 2 is 1.41 bits per heavy atom. The lowest BCUT2D eigenvalue weighted by molar-refractivity contribution is -0.118. The van der Waals surface area contributed by atoms with Crippen LogP contribution < -0.4 is 9.62 Å². The molecule has 3 aromatic rings. The maximum Gasteiger partial charge on any atom is 0.240 e. The fraction of sp³-hybridized carbons (Fsp3) is 0.174. The molecule has 0 atom stereocenters. The summed E-state index contributed by atoms with van der Waals surface area (Å²) in [7, 11) is -1.83. The number of para-hydroxylation sites is 1. The van der Waals surface area contributed by atoms with Gasteiger partial charge in [0.2, 0.25) is 15.9 Å². The number of aryl methyl sites for hydroxylation is 1. The fourth-order valence-electron chi connectivity index (χ4n) is 2.91. The Balaban J connectivity index is 1.56. The first-order valence-electron chi connectivity index (χ1n) is 9.40. The largest absolute Gasteiger partial charge is 0.315 e. The maximum atomic E-state index is 12.5. The molecule has 0 heterocycles. The van der Waals surface area contributed by atoms with Gasteiger partial charge in [-0.3, -0.25) is 4.79 Å². The molecule has 0 aliphatic heterocycles. The molecule has 0 spiro atoms. The van der Waals surface area contributed by atoms with E-state index in [2.05, 4.69) is 4.72 Å². The molecule has 6 heteroatoms. The first kappa shape index (κ1) is 20.8.